The molecule has 0 spiro atoms. The van der Waals surface area contributed by atoms with E-state index in [2.05, 4.69) is 10.2 Å². The van der Waals surface area contributed by atoms with E-state index in [-0.39, 0.29) is 12.1 Å². The van der Waals surface area contributed by atoms with Gasteiger partial charge in [0.25, 0.3) is 0 Å². The highest BCUT2D eigenvalue weighted by Gasteiger charge is 2.16. The molecule has 1 heterocycles. The summed E-state index contributed by atoms with van der Waals surface area (Å²) in [7, 11) is 0. The largest absolute Gasteiger partial charge is 0.376 e. The fourth-order valence-electron chi connectivity index (χ4n) is 0.930. The van der Waals surface area contributed by atoms with Crippen molar-refractivity contribution in [2.75, 3.05) is 19.8 Å². The number of hydrogen-bond donors (Lipinski definition) is 2. The van der Waals surface area contributed by atoms with Gasteiger partial charge in [0.2, 0.25) is 5.96 Å². The fourth-order valence-corrected chi connectivity index (χ4v) is 0.930. The van der Waals surface area contributed by atoms with E-state index in [1.807, 2.05) is 0 Å². The summed E-state index contributed by atoms with van der Waals surface area (Å²) in [6.07, 6.45) is -0.128. The van der Waals surface area contributed by atoms with Gasteiger partial charge in [0, 0.05) is 0 Å². The Morgan fingerprint density at radius 3 is 2.62 bits per heavy atom. The molecule has 0 aliphatic carbocycles. The second kappa shape index (κ2) is 4.78. The molecule has 1 fully saturated rings. The number of nitrogens with two attached hydrogens (primary N) is 2. The van der Waals surface area contributed by atoms with Crippen LogP contribution in [-0.2, 0) is 9.47 Å². The van der Waals surface area contributed by atoms with Crippen molar-refractivity contribution >= 4 is 11.7 Å². The molecule has 0 bridgehead atoms. The minimum Gasteiger partial charge on any atom is -0.376 e. The summed E-state index contributed by atoms with van der Waals surface area (Å²) >= 11 is 0. The van der Waals surface area contributed by atoms with Crippen LogP contribution in [0.3, 0.4) is 0 Å². The van der Waals surface area contributed by atoms with Crippen molar-refractivity contribution in [1.82, 2.24) is 0 Å². The Balaban J connectivity index is 2.49. The molecule has 0 aromatic rings. The molecule has 74 valence electrons. The molecule has 1 aliphatic rings. The van der Waals surface area contributed by atoms with Crippen LogP contribution in [0.4, 0.5) is 0 Å². The average Bonchev–Trinajstić information content (AvgIpc) is 2.15. The Morgan fingerprint density at radius 1 is 1.31 bits per heavy atom. The van der Waals surface area contributed by atoms with Gasteiger partial charge in [0.1, 0.15) is 6.10 Å². The van der Waals surface area contributed by atoms with Gasteiger partial charge in [0.05, 0.1) is 25.5 Å². The third-order valence-electron chi connectivity index (χ3n) is 1.61. The predicted molar refractivity (Wildman–Crippen MR) is 49.5 cm³/mol. The van der Waals surface area contributed by atoms with E-state index in [4.69, 9.17) is 20.9 Å². The van der Waals surface area contributed by atoms with E-state index in [9.17, 15) is 0 Å². The molecule has 0 amide bonds. The molecule has 1 atom stereocenters. The highest BCUT2D eigenvalue weighted by atomic mass is 16.6. The number of hydrogen-bond acceptors (Lipinski definition) is 4. The van der Waals surface area contributed by atoms with Gasteiger partial charge in [-0.15, -0.1) is 5.10 Å². The van der Waals surface area contributed by atoms with E-state index in [1.165, 1.54) is 0 Å². The summed E-state index contributed by atoms with van der Waals surface area (Å²) in [4.78, 5) is 0. The second-order valence-electron chi connectivity index (χ2n) is 2.70. The molecule has 6 nitrogen and oxygen atoms in total. The molecule has 1 aliphatic heterocycles. The van der Waals surface area contributed by atoms with Crippen LogP contribution < -0.4 is 11.5 Å². The highest BCUT2D eigenvalue weighted by molar-refractivity contribution is 5.87. The Labute approximate surface area is 76.6 Å². The zero-order chi connectivity index (χ0) is 9.68. The minimum absolute atomic E-state index is 0.0592. The summed E-state index contributed by atoms with van der Waals surface area (Å²) < 4.78 is 10.6. The van der Waals surface area contributed by atoms with Gasteiger partial charge in [-0.1, -0.05) is 0 Å². The molecular weight excluding hydrogens is 172 g/mol. The quantitative estimate of drug-likeness (QED) is 0.330. The van der Waals surface area contributed by atoms with Gasteiger partial charge in [-0.25, -0.2) is 0 Å². The predicted octanol–water partition coefficient (Wildman–Crippen LogP) is -0.949. The normalized spacial score (nSPS) is 24.1. The first-order chi connectivity index (χ1) is 6.20. The smallest absolute Gasteiger partial charge is 0.211 e. The molecule has 1 rings (SSSR count). The Kier molecular flexibility index (Phi) is 3.66. The minimum atomic E-state index is -0.128. The van der Waals surface area contributed by atoms with Gasteiger partial charge < -0.3 is 20.9 Å². The first-order valence-corrected chi connectivity index (χ1v) is 4.02. The number of nitrogens with zero attached hydrogens (tertiary/aromatic N) is 2. The molecular formula is C7H14N4O2. The number of guanidine groups is 1. The van der Waals surface area contributed by atoms with Crippen LogP contribution in [0, 0.1) is 0 Å². The van der Waals surface area contributed by atoms with Crippen LogP contribution in [0.5, 0.6) is 0 Å². The molecule has 0 aromatic carbocycles. The maximum absolute atomic E-state index is 5.37. The molecule has 1 saturated heterocycles. The third kappa shape index (κ3) is 3.39. The van der Waals surface area contributed by atoms with Crippen LogP contribution in [0.15, 0.2) is 10.2 Å². The monoisotopic (exact) mass is 186 g/mol. The van der Waals surface area contributed by atoms with Crippen molar-refractivity contribution in [2.24, 2.45) is 21.7 Å². The Morgan fingerprint density at radius 2 is 2.08 bits per heavy atom. The molecule has 6 heteroatoms. The van der Waals surface area contributed by atoms with Crippen molar-refractivity contribution in [2.45, 2.75) is 13.0 Å². The molecule has 1 unspecified atom stereocenters. The SMILES string of the molecule is C/C(=N\N=C(N)N)C1COCCO1. The highest BCUT2D eigenvalue weighted by Crippen LogP contribution is 2.02. The molecule has 4 N–H and O–H groups in total. The summed E-state index contributed by atoms with van der Waals surface area (Å²) in [5.74, 6) is -0.0592. The topological polar surface area (TPSA) is 95.2 Å². The van der Waals surface area contributed by atoms with Crippen LogP contribution in [-0.4, -0.2) is 37.6 Å². The van der Waals surface area contributed by atoms with Crippen molar-refractivity contribution in [3.63, 3.8) is 0 Å². The Bertz CT molecular complexity index is 217. The van der Waals surface area contributed by atoms with Crippen LogP contribution in [0.1, 0.15) is 6.92 Å². The summed E-state index contributed by atoms with van der Waals surface area (Å²) in [6, 6.07) is 0. The van der Waals surface area contributed by atoms with Gasteiger partial charge in [-0.2, -0.15) is 5.10 Å². The summed E-state index contributed by atoms with van der Waals surface area (Å²) in [5.41, 5.74) is 11.0. The number of rotatable bonds is 2. The van der Waals surface area contributed by atoms with Crippen LogP contribution in [0.2, 0.25) is 0 Å². The van der Waals surface area contributed by atoms with E-state index >= 15 is 0 Å². The fraction of sp³-hybridized carbons (Fsp3) is 0.714. The van der Waals surface area contributed by atoms with Gasteiger partial charge >= 0.3 is 0 Å². The second-order valence-corrected chi connectivity index (χ2v) is 2.70. The van der Waals surface area contributed by atoms with Crippen molar-refractivity contribution < 1.29 is 9.47 Å². The van der Waals surface area contributed by atoms with Gasteiger partial charge in [-0.05, 0) is 6.92 Å². The standard InChI is InChI=1S/C7H14N4O2/c1-5(10-11-7(8)9)6-4-12-2-3-13-6/h6H,2-4H2,1H3,(H4,8,9,11)/b10-5+. The summed E-state index contributed by atoms with van der Waals surface area (Å²) in [5, 5.41) is 7.32. The van der Waals surface area contributed by atoms with E-state index in [0.717, 1.165) is 0 Å². The van der Waals surface area contributed by atoms with E-state index in [0.29, 0.717) is 25.5 Å². The Hall–Kier alpha value is -1.14. The van der Waals surface area contributed by atoms with E-state index < -0.39 is 0 Å². The van der Waals surface area contributed by atoms with Crippen molar-refractivity contribution in [1.29, 1.82) is 0 Å². The first kappa shape index (κ1) is 9.94. The molecule has 0 saturated carbocycles. The van der Waals surface area contributed by atoms with Crippen molar-refractivity contribution in [3.8, 4) is 0 Å². The molecule has 0 radical (unpaired) electrons. The lowest BCUT2D eigenvalue weighted by atomic mass is 10.2. The lowest BCUT2D eigenvalue weighted by molar-refractivity contribution is -0.0596. The van der Waals surface area contributed by atoms with Gasteiger partial charge in [0.15, 0.2) is 0 Å². The maximum Gasteiger partial charge on any atom is 0.211 e. The molecule has 13 heavy (non-hydrogen) atoms. The van der Waals surface area contributed by atoms with Crippen molar-refractivity contribution in [3.05, 3.63) is 0 Å². The molecule has 0 aromatic heterocycles. The third-order valence-corrected chi connectivity index (χ3v) is 1.61. The van der Waals surface area contributed by atoms with Crippen LogP contribution in [0.25, 0.3) is 0 Å². The van der Waals surface area contributed by atoms with E-state index in [1.54, 1.807) is 6.92 Å². The van der Waals surface area contributed by atoms with Gasteiger partial charge in [-0.3, -0.25) is 0 Å². The zero-order valence-electron chi connectivity index (χ0n) is 7.56. The first-order valence-electron chi connectivity index (χ1n) is 4.02. The lowest BCUT2D eigenvalue weighted by Gasteiger charge is -2.21. The number of ether oxygens (including phenoxy) is 2. The zero-order valence-corrected chi connectivity index (χ0v) is 7.56. The average molecular weight is 186 g/mol. The lowest BCUT2D eigenvalue weighted by Crippen LogP contribution is -2.34. The maximum atomic E-state index is 5.37. The van der Waals surface area contributed by atoms with Crippen LogP contribution >= 0.6 is 0 Å². The summed E-state index contributed by atoms with van der Waals surface area (Å²) in [6.45, 7) is 3.52.